The number of amides is 1. The molecule has 0 radical (unpaired) electrons. The number of thioether (sulfide) groups is 1. The number of halogens is 3. The van der Waals surface area contributed by atoms with Crippen molar-refractivity contribution in [1.29, 1.82) is 0 Å². The Kier molecular flexibility index (Phi) is 9.24. The van der Waals surface area contributed by atoms with Crippen molar-refractivity contribution >= 4 is 56.6 Å². The summed E-state index contributed by atoms with van der Waals surface area (Å²) in [6, 6.07) is 16.9. The van der Waals surface area contributed by atoms with Gasteiger partial charge in [0.15, 0.2) is 0 Å². The van der Waals surface area contributed by atoms with Crippen molar-refractivity contribution in [3.8, 4) is 0 Å². The van der Waals surface area contributed by atoms with Crippen LogP contribution in [0.15, 0.2) is 71.6 Å². The third-order valence-electron chi connectivity index (χ3n) is 4.89. The van der Waals surface area contributed by atoms with Gasteiger partial charge in [-0.15, -0.1) is 0 Å². The molecular formula is C24H23Cl2FN2O3S2. The fourth-order valence-corrected chi connectivity index (χ4v) is 6.11. The number of hydrogen-bond acceptors (Lipinski definition) is 4. The SMILES string of the molecule is Cc1ccc(S(=O)(=O)N(CC(=O)NCCSCc2c(Cl)cccc2Cl)c2ccccc2F)cc1. The van der Waals surface area contributed by atoms with E-state index >= 15 is 0 Å². The van der Waals surface area contributed by atoms with E-state index in [0.717, 1.165) is 21.5 Å². The van der Waals surface area contributed by atoms with Crippen LogP contribution in [0.2, 0.25) is 10.0 Å². The van der Waals surface area contributed by atoms with Crippen LogP contribution in [0.25, 0.3) is 0 Å². The molecule has 180 valence electrons. The molecular weight excluding hydrogens is 518 g/mol. The molecule has 0 fully saturated rings. The minimum Gasteiger partial charge on any atom is -0.354 e. The third kappa shape index (κ3) is 6.66. The lowest BCUT2D eigenvalue weighted by Gasteiger charge is -2.24. The zero-order valence-corrected chi connectivity index (χ0v) is 21.4. The van der Waals surface area contributed by atoms with Gasteiger partial charge in [0.2, 0.25) is 5.91 Å². The third-order valence-corrected chi connectivity index (χ3v) is 8.36. The zero-order chi connectivity index (χ0) is 24.7. The van der Waals surface area contributed by atoms with Gasteiger partial charge in [0.25, 0.3) is 10.0 Å². The predicted octanol–water partition coefficient (Wildman–Crippen LogP) is 5.69. The molecule has 10 heteroatoms. The number of nitrogens with one attached hydrogen (secondary N) is 1. The number of carbonyl (C=O) groups excluding carboxylic acids is 1. The first-order valence-corrected chi connectivity index (χ1v) is 13.7. The molecule has 0 atom stereocenters. The number of para-hydroxylation sites is 1. The standard InChI is InChI=1S/C24H23Cl2FN2O3S2/c1-17-9-11-18(12-10-17)34(31,32)29(23-8-3-2-7-22(23)27)15-24(30)28-13-14-33-16-19-20(25)5-4-6-21(19)26/h2-12H,13-16H2,1H3,(H,28,30). The van der Waals surface area contributed by atoms with Crippen LogP contribution in [0.4, 0.5) is 10.1 Å². The first-order valence-electron chi connectivity index (χ1n) is 10.3. The summed E-state index contributed by atoms with van der Waals surface area (Å²) >= 11 is 13.8. The van der Waals surface area contributed by atoms with E-state index in [1.807, 2.05) is 6.92 Å². The van der Waals surface area contributed by atoms with Gasteiger partial charge < -0.3 is 5.32 Å². The van der Waals surface area contributed by atoms with Crippen molar-refractivity contribution < 1.29 is 17.6 Å². The first kappa shape index (κ1) is 26.3. The molecule has 3 rings (SSSR count). The van der Waals surface area contributed by atoms with Crippen LogP contribution in [-0.4, -0.2) is 33.2 Å². The number of rotatable bonds is 10. The second-order valence-corrected chi connectivity index (χ2v) is 11.2. The maximum absolute atomic E-state index is 14.5. The molecule has 0 aliphatic carbocycles. The number of benzene rings is 3. The average Bonchev–Trinajstić information content (AvgIpc) is 2.80. The topological polar surface area (TPSA) is 66.5 Å². The number of nitrogens with zero attached hydrogens (tertiary/aromatic N) is 1. The van der Waals surface area contributed by atoms with E-state index in [0.29, 0.717) is 28.1 Å². The molecule has 0 aromatic heterocycles. The van der Waals surface area contributed by atoms with E-state index in [9.17, 15) is 17.6 Å². The summed E-state index contributed by atoms with van der Waals surface area (Å²) in [6.45, 7) is 1.57. The van der Waals surface area contributed by atoms with E-state index in [2.05, 4.69) is 5.32 Å². The van der Waals surface area contributed by atoms with Gasteiger partial charge >= 0.3 is 0 Å². The molecule has 5 nitrogen and oxygen atoms in total. The second kappa shape index (κ2) is 11.9. The van der Waals surface area contributed by atoms with Crippen molar-refractivity contribution in [3.63, 3.8) is 0 Å². The zero-order valence-electron chi connectivity index (χ0n) is 18.3. The highest BCUT2D eigenvalue weighted by molar-refractivity contribution is 7.98. The highest BCUT2D eigenvalue weighted by Crippen LogP contribution is 2.28. The lowest BCUT2D eigenvalue weighted by atomic mass is 10.2. The first-order chi connectivity index (χ1) is 16.2. The van der Waals surface area contributed by atoms with E-state index < -0.39 is 28.3 Å². The van der Waals surface area contributed by atoms with E-state index in [-0.39, 0.29) is 10.6 Å². The van der Waals surface area contributed by atoms with Crippen LogP contribution in [0.5, 0.6) is 0 Å². The Balaban J connectivity index is 1.66. The Labute approximate surface area is 213 Å². The summed E-state index contributed by atoms with van der Waals surface area (Å²) in [6.07, 6.45) is 0. The smallest absolute Gasteiger partial charge is 0.264 e. The molecule has 0 aliphatic heterocycles. The predicted molar refractivity (Wildman–Crippen MR) is 138 cm³/mol. The molecule has 1 N–H and O–H groups in total. The van der Waals surface area contributed by atoms with Crippen LogP contribution >= 0.6 is 35.0 Å². The summed E-state index contributed by atoms with van der Waals surface area (Å²) < 4.78 is 41.9. The van der Waals surface area contributed by atoms with E-state index in [1.165, 1.54) is 42.1 Å². The number of sulfonamides is 1. The largest absolute Gasteiger partial charge is 0.354 e. The molecule has 0 unspecified atom stereocenters. The van der Waals surface area contributed by atoms with Gasteiger partial charge in [0.05, 0.1) is 10.6 Å². The van der Waals surface area contributed by atoms with Gasteiger partial charge in [-0.1, -0.05) is 59.1 Å². The molecule has 1 amide bonds. The Morgan fingerprint density at radius 2 is 1.65 bits per heavy atom. The van der Waals surface area contributed by atoms with Crippen molar-refractivity contribution in [3.05, 3.63) is 93.7 Å². The molecule has 0 spiro atoms. The maximum atomic E-state index is 14.5. The normalized spacial score (nSPS) is 11.3. The molecule has 34 heavy (non-hydrogen) atoms. The van der Waals surface area contributed by atoms with Crippen molar-refractivity contribution in [2.75, 3.05) is 23.1 Å². The molecule has 0 saturated carbocycles. The number of hydrogen-bond donors (Lipinski definition) is 1. The van der Waals surface area contributed by atoms with Gasteiger partial charge in [0, 0.05) is 28.1 Å². The van der Waals surface area contributed by atoms with Gasteiger partial charge in [-0.3, -0.25) is 9.10 Å². The molecule has 0 bridgehead atoms. The number of aryl methyl sites for hydroxylation is 1. The molecule has 3 aromatic rings. The van der Waals surface area contributed by atoms with Crippen LogP contribution < -0.4 is 9.62 Å². The molecule has 3 aromatic carbocycles. The molecule has 0 aliphatic rings. The minimum absolute atomic E-state index is 0.0265. The summed E-state index contributed by atoms with van der Waals surface area (Å²) in [7, 11) is -4.17. The lowest BCUT2D eigenvalue weighted by Crippen LogP contribution is -2.41. The van der Waals surface area contributed by atoms with E-state index in [4.69, 9.17) is 23.2 Å². The Morgan fingerprint density at radius 3 is 2.29 bits per heavy atom. The van der Waals surface area contributed by atoms with Crippen LogP contribution in [0, 0.1) is 12.7 Å². The van der Waals surface area contributed by atoms with Gasteiger partial charge in [0.1, 0.15) is 12.4 Å². The quantitative estimate of drug-likeness (QED) is 0.335. The summed E-state index contributed by atoms with van der Waals surface area (Å²) in [4.78, 5) is 12.6. The maximum Gasteiger partial charge on any atom is 0.264 e. The highest BCUT2D eigenvalue weighted by Gasteiger charge is 2.29. The van der Waals surface area contributed by atoms with Gasteiger partial charge in [-0.25, -0.2) is 12.8 Å². The fraction of sp³-hybridized carbons (Fsp3) is 0.208. The van der Waals surface area contributed by atoms with Crippen molar-refractivity contribution in [2.24, 2.45) is 0 Å². The van der Waals surface area contributed by atoms with Crippen LogP contribution in [-0.2, 0) is 20.6 Å². The van der Waals surface area contributed by atoms with Gasteiger partial charge in [-0.05, 0) is 48.9 Å². The van der Waals surface area contributed by atoms with Crippen LogP contribution in [0.3, 0.4) is 0 Å². The average molecular weight is 541 g/mol. The molecule has 0 heterocycles. The lowest BCUT2D eigenvalue weighted by molar-refractivity contribution is -0.119. The summed E-state index contributed by atoms with van der Waals surface area (Å²) in [5.74, 6) is -0.164. The fourth-order valence-electron chi connectivity index (χ4n) is 3.08. The summed E-state index contributed by atoms with van der Waals surface area (Å²) in [5, 5.41) is 3.85. The number of carbonyl (C=O) groups is 1. The monoisotopic (exact) mass is 540 g/mol. The van der Waals surface area contributed by atoms with Crippen LogP contribution in [0.1, 0.15) is 11.1 Å². The number of anilines is 1. The van der Waals surface area contributed by atoms with E-state index in [1.54, 1.807) is 30.3 Å². The highest BCUT2D eigenvalue weighted by atomic mass is 35.5. The summed E-state index contributed by atoms with van der Waals surface area (Å²) in [5.41, 5.74) is 1.50. The Hall–Kier alpha value is -2.26. The van der Waals surface area contributed by atoms with Crippen molar-refractivity contribution in [1.82, 2.24) is 5.32 Å². The molecule has 0 saturated heterocycles. The van der Waals surface area contributed by atoms with Gasteiger partial charge in [-0.2, -0.15) is 11.8 Å². The van der Waals surface area contributed by atoms with Crippen molar-refractivity contribution in [2.45, 2.75) is 17.6 Å². The Morgan fingerprint density at radius 1 is 1.00 bits per heavy atom. The Bertz CT molecular complexity index is 1240. The minimum atomic E-state index is -4.17. The second-order valence-electron chi connectivity index (χ2n) is 7.38.